The number of carbonyl (C=O) groups excluding carboxylic acids is 2. The highest BCUT2D eigenvalue weighted by atomic mass is 35.5. The highest BCUT2D eigenvalue weighted by molar-refractivity contribution is 5.96. The normalized spacial score (nSPS) is 14.9. The maximum atomic E-state index is 12.7. The monoisotopic (exact) mass is 507 g/mol. The number of esters is 1. The number of anilines is 2. The minimum absolute atomic E-state index is 0. The SMILES string of the molecule is CCCCN1CCCCC1C(=O)Nc1c(C)cccc1C.CCOC(=O)c1ccc(N)cc1.Cl.O. The quantitative estimate of drug-likeness (QED) is 0.406. The van der Waals surface area contributed by atoms with Crippen LogP contribution in [0.5, 0.6) is 0 Å². The second-order valence-corrected chi connectivity index (χ2v) is 8.50. The number of para-hydroxylation sites is 1. The highest BCUT2D eigenvalue weighted by Gasteiger charge is 2.28. The van der Waals surface area contributed by atoms with Gasteiger partial charge in [-0.05, 0) is 88.5 Å². The predicted molar refractivity (Wildman–Crippen MR) is 146 cm³/mol. The number of piperidine rings is 1. The largest absolute Gasteiger partial charge is 0.462 e. The van der Waals surface area contributed by atoms with Gasteiger partial charge in [0.2, 0.25) is 5.91 Å². The Kier molecular flexibility index (Phi) is 15.7. The van der Waals surface area contributed by atoms with Crippen LogP contribution in [0.2, 0.25) is 0 Å². The van der Waals surface area contributed by atoms with Gasteiger partial charge in [0.1, 0.15) is 0 Å². The number of nitrogens with zero attached hydrogens (tertiary/aromatic N) is 1. The summed E-state index contributed by atoms with van der Waals surface area (Å²) < 4.78 is 4.79. The number of nitrogens with two attached hydrogens (primary N) is 1. The van der Waals surface area contributed by atoms with Gasteiger partial charge in [-0.1, -0.05) is 38.0 Å². The first-order valence-corrected chi connectivity index (χ1v) is 12.0. The summed E-state index contributed by atoms with van der Waals surface area (Å²) in [5.74, 6) is -0.138. The number of nitrogens with one attached hydrogen (secondary N) is 1. The lowest BCUT2D eigenvalue weighted by molar-refractivity contribution is -0.122. The zero-order chi connectivity index (χ0) is 24.2. The standard InChI is InChI=1S/C18H28N2O.C9H11NO2.ClH.H2O/c1-4-5-12-20-13-7-6-11-16(20)18(21)19-17-14(2)9-8-10-15(17)3;1-2-12-9(11)7-3-5-8(10)6-4-7;;/h8-10,16H,4-7,11-13H2,1-3H3,(H,19,21);3-6H,2,10H2,1H3;1H;1H2. The van der Waals surface area contributed by atoms with E-state index in [-0.39, 0.29) is 35.8 Å². The molecular formula is C27H42ClN3O4. The van der Waals surface area contributed by atoms with Gasteiger partial charge in [-0.3, -0.25) is 9.69 Å². The summed E-state index contributed by atoms with van der Waals surface area (Å²) in [6, 6.07) is 12.8. The second kappa shape index (κ2) is 16.9. The number of ether oxygens (including phenoxy) is 1. The molecule has 0 spiro atoms. The lowest BCUT2D eigenvalue weighted by atomic mass is 10.00. The first kappa shape index (κ1) is 32.4. The number of rotatable bonds is 7. The number of aryl methyl sites for hydroxylation is 2. The Morgan fingerprint density at radius 1 is 1.06 bits per heavy atom. The van der Waals surface area contributed by atoms with Crippen molar-refractivity contribution in [2.75, 3.05) is 30.7 Å². The van der Waals surface area contributed by atoms with Crippen molar-refractivity contribution in [3.63, 3.8) is 0 Å². The summed E-state index contributed by atoms with van der Waals surface area (Å²) in [7, 11) is 0. The van der Waals surface area contributed by atoms with Gasteiger partial charge in [-0.25, -0.2) is 4.79 Å². The van der Waals surface area contributed by atoms with Crippen molar-refractivity contribution in [1.29, 1.82) is 0 Å². The third kappa shape index (κ3) is 10.3. The van der Waals surface area contributed by atoms with E-state index in [0.29, 0.717) is 17.9 Å². The Hall–Kier alpha value is -2.61. The fourth-order valence-corrected chi connectivity index (χ4v) is 3.97. The Morgan fingerprint density at radius 2 is 1.69 bits per heavy atom. The molecule has 1 unspecified atom stereocenters. The van der Waals surface area contributed by atoms with E-state index < -0.39 is 0 Å². The molecule has 1 saturated heterocycles. The molecule has 1 atom stereocenters. The minimum Gasteiger partial charge on any atom is -0.462 e. The molecule has 1 amide bonds. The molecule has 0 bridgehead atoms. The van der Waals surface area contributed by atoms with E-state index in [4.69, 9.17) is 10.5 Å². The molecule has 1 heterocycles. The van der Waals surface area contributed by atoms with Crippen LogP contribution in [0.15, 0.2) is 42.5 Å². The van der Waals surface area contributed by atoms with Crippen molar-refractivity contribution in [2.24, 2.45) is 0 Å². The number of unbranched alkanes of at least 4 members (excludes halogenated alkanes) is 1. The molecule has 0 aromatic heterocycles. The summed E-state index contributed by atoms with van der Waals surface area (Å²) in [5, 5.41) is 3.17. The van der Waals surface area contributed by atoms with E-state index in [1.165, 1.54) is 19.3 Å². The number of hydrogen-bond acceptors (Lipinski definition) is 5. The van der Waals surface area contributed by atoms with Crippen LogP contribution < -0.4 is 11.1 Å². The van der Waals surface area contributed by atoms with Crippen molar-refractivity contribution in [3.8, 4) is 0 Å². The Bertz CT molecular complexity index is 886. The molecule has 1 aliphatic rings. The minimum atomic E-state index is -0.308. The molecule has 1 fully saturated rings. The lowest BCUT2D eigenvalue weighted by Gasteiger charge is -2.34. The number of amides is 1. The lowest BCUT2D eigenvalue weighted by Crippen LogP contribution is -2.47. The Labute approximate surface area is 216 Å². The number of likely N-dealkylation sites (tertiary alicyclic amines) is 1. The summed E-state index contributed by atoms with van der Waals surface area (Å²) in [6.07, 6.45) is 5.72. The molecule has 8 heteroatoms. The summed E-state index contributed by atoms with van der Waals surface area (Å²) >= 11 is 0. The number of nitrogen functional groups attached to an aromatic ring is 1. The molecule has 5 N–H and O–H groups in total. The molecule has 7 nitrogen and oxygen atoms in total. The van der Waals surface area contributed by atoms with Gasteiger partial charge in [-0.2, -0.15) is 0 Å². The van der Waals surface area contributed by atoms with E-state index >= 15 is 0 Å². The smallest absolute Gasteiger partial charge is 0.338 e. The third-order valence-corrected chi connectivity index (χ3v) is 5.87. The van der Waals surface area contributed by atoms with E-state index in [1.54, 1.807) is 31.2 Å². The van der Waals surface area contributed by atoms with Crippen molar-refractivity contribution < 1.29 is 19.8 Å². The number of hydrogen-bond donors (Lipinski definition) is 2. The van der Waals surface area contributed by atoms with Gasteiger partial charge >= 0.3 is 5.97 Å². The molecule has 1 aliphatic heterocycles. The number of halogens is 1. The van der Waals surface area contributed by atoms with E-state index in [0.717, 1.165) is 42.7 Å². The van der Waals surface area contributed by atoms with Crippen LogP contribution in [0, 0.1) is 13.8 Å². The van der Waals surface area contributed by atoms with E-state index in [1.807, 2.05) is 6.07 Å². The molecular weight excluding hydrogens is 466 g/mol. The Balaban J connectivity index is 0.000000712. The van der Waals surface area contributed by atoms with Gasteiger partial charge in [0.15, 0.2) is 0 Å². The summed E-state index contributed by atoms with van der Waals surface area (Å²) in [5.41, 5.74) is 9.89. The first-order valence-electron chi connectivity index (χ1n) is 12.0. The van der Waals surface area contributed by atoms with Crippen LogP contribution in [0.3, 0.4) is 0 Å². The molecule has 35 heavy (non-hydrogen) atoms. The fraction of sp³-hybridized carbons (Fsp3) is 0.481. The van der Waals surface area contributed by atoms with Crippen molar-refractivity contribution in [1.82, 2.24) is 4.90 Å². The molecule has 0 saturated carbocycles. The maximum absolute atomic E-state index is 12.7. The predicted octanol–water partition coefficient (Wildman–Crippen LogP) is 4.94. The zero-order valence-corrected chi connectivity index (χ0v) is 22.2. The average molecular weight is 508 g/mol. The van der Waals surface area contributed by atoms with Crippen molar-refractivity contribution >= 4 is 35.7 Å². The highest BCUT2D eigenvalue weighted by Crippen LogP contribution is 2.23. The molecule has 0 radical (unpaired) electrons. The van der Waals surface area contributed by atoms with Crippen molar-refractivity contribution in [2.45, 2.75) is 65.8 Å². The first-order chi connectivity index (χ1) is 15.9. The van der Waals surface area contributed by atoms with Gasteiger partial charge in [-0.15, -0.1) is 12.4 Å². The summed E-state index contributed by atoms with van der Waals surface area (Å²) in [6.45, 7) is 10.6. The van der Waals surface area contributed by atoms with Gasteiger partial charge in [0.05, 0.1) is 18.2 Å². The molecule has 2 aromatic carbocycles. The number of carbonyl (C=O) groups is 2. The van der Waals surface area contributed by atoms with Crippen LogP contribution in [0.4, 0.5) is 11.4 Å². The Morgan fingerprint density at radius 3 is 2.26 bits per heavy atom. The number of benzene rings is 2. The van der Waals surface area contributed by atoms with Gasteiger partial charge in [0.25, 0.3) is 0 Å². The summed E-state index contributed by atoms with van der Waals surface area (Å²) in [4.78, 5) is 26.2. The van der Waals surface area contributed by atoms with Crippen LogP contribution >= 0.6 is 12.4 Å². The molecule has 0 aliphatic carbocycles. The van der Waals surface area contributed by atoms with Crippen LogP contribution in [0.25, 0.3) is 0 Å². The van der Waals surface area contributed by atoms with Crippen LogP contribution in [-0.4, -0.2) is 48.0 Å². The second-order valence-electron chi connectivity index (χ2n) is 8.50. The van der Waals surface area contributed by atoms with E-state index in [9.17, 15) is 9.59 Å². The van der Waals surface area contributed by atoms with E-state index in [2.05, 4.69) is 43.1 Å². The molecule has 196 valence electrons. The molecule has 2 aromatic rings. The zero-order valence-electron chi connectivity index (χ0n) is 21.4. The fourth-order valence-electron chi connectivity index (χ4n) is 3.97. The van der Waals surface area contributed by atoms with Crippen LogP contribution in [0.1, 0.15) is 67.4 Å². The topological polar surface area (TPSA) is 116 Å². The third-order valence-electron chi connectivity index (χ3n) is 5.87. The molecule has 3 rings (SSSR count). The van der Waals surface area contributed by atoms with Gasteiger partial charge in [0, 0.05) is 11.4 Å². The van der Waals surface area contributed by atoms with Gasteiger partial charge < -0.3 is 21.3 Å². The van der Waals surface area contributed by atoms with Crippen LogP contribution in [-0.2, 0) is 9.53 Å². The average Bonchev–Trinajstić information content (AvgIpc) is 2.81. The van der Waals surface area contributed by atoms with Crippen molar-refractivity contribution in [3.05, 3.63) is 59.2 Å². The maximum Gasteiger partial charge on any atom is 0.338 e.